The third-order valence-electron chi connectivity index (χ3n) is 4.42. The van der Waals surface area contributed by atoms with Crippen molar-refractivity contribution < 1.29 is 9.63 Å². The van der Waals surface area contributed by atoms with Gasteiger partial charge in [-0.25, -0.2) is 0 Å². The molecule has 5 nitrogen and oxygen atoms in total. The Morgan fingerprint density at radius 2 is 1.86 bits per heavy atom. The number of nitrogens with two attached hydrogens (primary N) is 1. The van der Waals surface area contributed by atoms with E-state index in [0.29, 0.717) is 24.7 Å². The van der Waals surface area contributed by atoms with E-state index in [9.17, 15) is 5.11 Å². The maximum atomic E-state index is 9.30. The summed E-state index contributed by atoms with van der Waals surface area (Å²) in [6.45, 7) is 0.563. The summed E-state index contributed by atoms with van der Waals surface area (Å²) in [5, 5.41) is 13.4. The van der Waals surface area contributed by atoms with Crippen LogP contribution in [0.25, 0.3) is 0 Å². The maximum absolute atomic E-state index is 9.30. The number of rotatable bonds is 4. The van der Waals surface area contributed by atoms with Gasteiger partial charge in [-0.15, -0.1) is 0 Å². The molecule has 1 aliphatic carbocycles. The summed E-state index contributed by atoms with van der Waals surface area (Å²) in [4.78, 5) is 4.57. The molecule has 1 heterocycles. The molecule has 0 radical (unpaired) electrons. The van der Waals surface area contributed by atoms with Crippen LogP contribution in [0.3, 0.4) is 0 Å². The molecule has 1 fully saturated rings. The van der Waals surface area contributed by atoms with Crippen LogP contribution in [0, 0.1) is 0 Å². The van der Waals surface area contributed by atoms with Crippen molar-refractivity contribution in [3.8, 4) is 5.75 Å². The van der Waals surface area contributed by atoms with E-state index in [0.717, 1.165) is 18.4 Å². The van der Waals surface area contributed by atoms with E-state index in [2.05, 4.69) is 10.1 Å². The lowest BCUT2D eigenvalue weighted by Crippen LogP contribution is -2.37. The third kappa shape index (κ3) is 2.93. The van der Waals surface area contributed by atoms with E-state index in [-0.39, 0.29) is 11.2 Å². The van der Waals surface area contributed by atoms with Gasteiger partial charge < -0.3 is 15.4 Å². The maximum Gasteiger partial charge on any atom is 0.234 e. The highest BCUT2D eigenvalue weighted by Crippen LogP contribution is 2.37. The number of aromatic nitrogens is 2. The molecule has 1 saturated carbocycles. The molecule has 0 spiro atoms. The van der Waals surface area contributed by atoms with Gasteiger partial charge >= 0.3 is 0 Å². The Balaban J connectivity index is 1.77. The zero-order chi connectivity index (χ0) is 14.7. The average molecular weight is 287 g/mol. The fraction of sp³-hybridized carbons (Fsp3) is 0.500. The van der Waals surface area contributed by atoms with Gasteiger partial charge in [0.05, 0.1) is 5.41 Å². The van der Waals surface area contributed by atoms with Gasteiger partial charge in [-0.1, -0.05) is 36.6 Å². The zero-order valence-corrected chi connectivity index (χ0v) is 12.1. The molecule has 0 aliphatic heterocycles. The highest BCUT2D eigenvalue weighted by molar-refractivity contribution is 5.27. The van der Waals surface area contributed by atoms with Gasteiger partial charge in [-0.2, -0.15) is 4.98 Å². The molecule has 5 heteroatoms. The van der Waals surface area contributed by atoms with Crippen molar-refractivity contribution in [2.45, 2.75) is 43.9 Å². The van der Waals surface area contributed by atoms with Crippen LogP contribution in [0.2, 0.25) is 0 Å². The van der Waals surface area contributed by atoms with E-state index >= 15 is 0 Å². The minimum atomic E-state index is -0.127. The van der Waals surface area contributed by atoms with E-state index in [1.54, 1.807) is 12.1 Å². The second-order valence-electron chi connectivity index (χ2n) is 5.90. The van der Waals surface area contributed by atoms with Gasteiger partial charge in [0, 0.05) is 13.0 Å². The monoisotopic (exact) mass is 287 g/mol. The van der Waals surface area contributed by atoms with E-state index < -0.39 is 0 Å². The Kier molecular flexibility index (Phi) is 3.92. The van der Waals surface area contributed by atoms with Crippen LogP contribution in [-0.2, 0) is 11.8 Å². The van der Waals surface area contributed by atoms with Crippen LogP contribution in [0.5, 0.6) is 5.75 Å². The Morgan fingerprint density at radius 1 is 1.14 bits per heavy atom. The van der Waals surface area contributed by atoms with Gasteiger partial charge in [0.1, 0.15) is 5.75 Å². The quantitative estimate of drug-likeness (QED) is 0.902. The van der Waals surface area contributed by atoms with Gasteiger partial charge in [0.2, 0.25) is 5.89 Å². The highest BCUT2D eigenvalue weighted by atomic mass is 16.5. The fourth-order valence-electron chi connectivity index (χ4n) is 3.07. The summed E-state index contributed by atoms with van der Waals surface area (Å²) < 4.78 is 5.50. The van der Waals surface area contributed by atoms with Crippen molar-refractivity contribution in [2.24, 2.45) is 5.73 Å². The van der Waals surface area contributed by atoms with Crippen molar-refractivity contribution in [3.05, 3.63) is 41.5 Å². The SMILES string of the molecule is NCC1(c2nc(Cc3ccc(O)cc3)no2)CCCCC1. The Hall–Kier alpha value is -1.88. The number of nitrogens with zero attached hydrogens (tertiary/aromatic N) is 2. The van der Waals surface area contributed by atoms with Crippen LogP contribution in [0.4, 0.5) is 0 Å². The predicted molar refractivity (Wildman–Crippen MR) is 79.0 cm³/mol. The molecule has 0 amide bonds. The summed E-state index contributed by atoms with van der Waals surface area (Å²) in [5.74, 6) is 1.63. The molecule has 0 unspecified atom stereocenters. The van der Waals surface area contributed by atoms with Crippen LogP contribution in [0.1, 0.15) is 49.4 Å². The molecule has 0 atom stereocenters. The second kappa shape index (κ2) is 5.85. The van der Waals surface area contributed by atoms with Gasteiger partial charge in [-0.3, -0.25) is 0 Å². The number of hydrogen-bond donors (Lipinski definition) is 2. The molecule has 0 saturated heterocycles. The zero-order valence-electron chi connectivity index (χ0n) is 12.1. The molecule has 1 aromatic carbocycles. The first-order valence-corrected chi connectivity index (χ1v) is 7.53. The van der Waals surface area contributed by atoms with Crippen molar-refractivity contribution in [3.63, 3.8) is 0 Å². The fourth-order valence-corrected chi connectivity index (χ4v) is 3.07. The van der Waals surface area contributed by atoms with Crippen molar-refractivity contribution in [1.82, 2.24) is 10.1 Å². The number of phenolic OH excluding ortho intramolecular Hbond substituents is 1. The second-order valence-corrected chi connectivity index (χ2v) is 5.90. The van der Waals surface area contributed by atoms with E-state index in [1.807, 2.05) is 12.1 Å². The minimum absolute atomic E-state index is 0.127. The molecular formula is C16H21N3O2. The summed E-state index contributed by atoms with van der Waals surface area (Å²) in [6.07, 6.45) is 6.27. The lowest BCUT2D eigenvalue weighted by molar-refractivity contribution is 0.219. The Labute approximate surface area is 124 Å². The van der Waals surface area contributed by atoms with Gasteiger partial charge in [-0.05, 0) is 30.5 Å². The van der Waals surface area contributed by atoms with Crippen molar-refractivity contribution in [1.29, 1.82) is 0 Å². The minimum Gasteiger partial charge on any atom is -0.508 e. The predicted octanol–water partition coefficient (Wildman–Crippen LogP) is 2.53. The molecule has 21 heavy (non-hydrogen) atoms. The summed E-state index contributed by atoms with van der Waals surface area (Å²) >= 11 is 0. The highest BCUT2D eigenvalue weighted by Gasteiger charge is 2.37. The van der Waals surface area contributed by atoms with Gasteiger partial charge in [0.15, 0.2) is 5.82 Å². The standard InChI is InChI=1S/C16H21N3O2/c17-11-16(8-2-1-3-9-16)15-18-14(19-21-15)10-12-4-6-13(20)7-5-12/h4-7,20H,1-3,8-11,17H2. The topological polar surface area (TPSA) is 85.2 Å². The van der Waals surface area contributed by atoms with Crippen LogP contribution >= 0.6 is 0 Å². The number of aromatic hydroxyl groups is 1. The Bertz CT molecular complexity index is 586. The smallest absolute Gasteiger partial charge is 0.234 e. The summed E-state index contributed by atoms with van der Waals surface area (Å²) in [5.41, 5.74) is 6.91. The molecular weight excluding hydrogens is 266 g/mol. The van der Waals surface area contributed by atoms with Crippen molar-refractivity contribution in [2.75, 3.05) is 6.54 Å². The summed E-state index contributed by atoms with van der Waals surface area (Å²) in [7, 11) is 0. The first-order valence-electron chi connectivity index (χ1n) is 7.53. The average Bonchev–Trinajstić information content (AvgIpc) is 2.99. The third-order valence-corrected chi connectivity index (χ3v) is 4.42. The lowest BCUT2D eigenvalue weighted by Gasteiger charge is -2.32. The number of hydrogen-bond acceptors (Lipinski definition) is 5. The normalized spacial score (nSPS) is 17.8. The molecule has 0 bridgehead atoms. The molecule has 3 rings (SSSR count). The molecule has 2 aromatic rings. The number of phenols is 1. The molecule has 1 aromatic heterocycles. The molecule has 1 aliphatic rings. The van der Waals surface area contributed by atoms with Crippen LogP contribution in [-0.4, -0.2) is 21.8 Å². The van der Waals surface area contributed by atoms with Gasteiger partial charge in [0.25, 0.3) is 0 Å². The van der Waals surface area contributed by atoms with Crippen LogP contribution in [0.15, 0.2) is 28.8 Å². The lowest BCUT2D eigenvalue weighted by atomic mass is 9.74. The number of benzene rings is 1. The first-order chi connectivity index (χ1) is 10.2. The Morgan fingerprint density at radius 3 is 2.52 bits per heavy atom. The largest absolute Gasteiger partial charge is 0.508 e. The summed E-state index contributed by atoms with van der Waals surface area (Å²) in [6, 6.07) is 7.06. The first kappa shape index (κ1) is 14.1. The molecule has 3 N–H and O–H groups in total. The van der Waals surface area contributed by atoms with E-state index in [4.69, 9.17) is 10.3 Å². The van der Waals surface area contributed by atoms with Crippen LogP contribution < -0.4 is 5.73 Å². The van der Waals surface area contributed by atoms with E-state index in [1.165, 1.54) is 19.3 Å². The molecule has 112 valence electrons. The van der Waals surface area contributed by atoms with Crippen molar-refractivity contribution >= 4 is 0 Å².